The highest BCUT2D eigenvalue weighted by atomic mass is 35.5. The summed E-state index contributed by atoms with van der Waals surface area (Å²) in [6.45, 7) is 2.55. The van der Waals surface area contributed by atoms with Crippen molar-refractivity contribution >= 4 is 40.7 Å². The first kappa shape index (κ1) is 19.0. The molecular formula is C16H15Cl2N9O2. The SMILES string of the molecule is CCOC1=C(NC(=O)Nc2cnc(-n3nccn3)c(Cl)c2)CNn2cc(Cl)nc21. The molecular weight excluding hydrogens is 421 g/mol. The van der Waals surface area contributed by atoms with Crippen LogP contribution in [0.2, 0.25) is 10.2 Å². The number of amides is 2. The van der Waals surface area contributed by atoms with E-state index in [4.69, 9.17) is 27.9 Å². The van der Waals surface area contributed by atoms with Crippen LogP contribution < -0.4 is 16.1 Å². The van der Waals surface area contributed by atoms with Gasteiger partial charge in [0, 0.05) is 0 Å². The third-order valence-electron chi connectivity index (χ3n) is 3.82. The Bertz CT molecular complexity index is 1080. The fourth-order valence-electron chi connectivity index (χ4n) is 2.68. The lowest BCUT2D eigenvalue weighted by molar-refractivity contribution is 0.252. The number of rotatable bonds is 5. The molecule has 0 saturated carbocycles. The van der Waals surface area contributed by atoms with E-state index in [1.165, 1.54) is 23.4 Å². The van der Waals surface area contributed by atoms with Crippen LogP contribution >= 0.6 is 23.2 Å². The molecule has 0 bridgehead atoms. The molecule has 0 radical (unpaired) electrons. The largest absolute Gasteiger partial charge is 0.488 e. The number of anilines is 1. The van der Waals surface area contributed by atoms with Crippen molar-refractivity contribution in [3.63, 3.8) is 0 Å². The van der Waals surface area contributed by atoms with Crippen LogP contribution in [0.1, 0.15) is 12.7 Å². The second kappa shape index (κ2) is 7.97. The summed E-state index contributed by atoms with van der Waals surface area (Å²) in [6.07, 6.45) is 6.10. The van der Waals surface area contributed by atoms with Crippen molar-refractivity contribution in [2.24, 2.45) is 0 Å². The lowest BCUT2D eigenvalue weighted by atomic mass is 10.3. The maximum atomic E-state index is 12.5. The Kier molecular flexibility index (Phi) is 5.23. The van der Waals surface area contributed by atoms with E-state index in [-0.39, 0.29) is 5.02 Å². The number of hydrogen-bond acceptors (Lipinski definition) is 7. The highest BCUT2D eigenvalue weighted by Crippen LogP contribution is 2.24. The average Bonchev–Trinajstić information content (AvgIpc) is 3.33. The van der Waals surface area contributed by atoms with Gasteiger partial charge < -0.3 is 20.8 Å². The lowest BCUT2D eigenvalue weighted by Crippen LogP contribution is -2.37. The van der Waals surface area contributed by atoms with Crippen LogP contribution in [0.5, 0.6) is 0 Å². The second-order valence-electron chi connectivity index (χ2n) is 5.76. The average molecular weight is 436 g/mol. The number of imidazole rings is 1. The van der Waals surface area contributed by atoms with E-state index in [0.29, 0.717) is 47.1 Å². The predicted molar refractivity (Wildman–Crippen MR) is 106 cm³/mol. The van der Waals surface area contributed by atoms with E-state index < -0.39 is 6.03 Å². The van der Waals surface area contributed by atoms with Crippen LogP contribution in [0.3, 0.4) is 0 Å². The molecule has 150 valence electrons. The van der Waals surface area contributed by atoms with Gasteiger partial charge in [0.15, 0.2) is 17.4 Å². The zero-order valence-corrected chi connectivity index (χ0v) is 16.6. The molecule has 29 heavy (non-hydrogen) atoms. The minimum absolute atomic E-state index is 0.282. The van der Waals surface area contributed by atoms with Crippen LogP contribution in [0.25, 0.3) is 11.6 Å². The lowest BCUT2D eigenvalue weighted by Gasteiger charge is -2.23. The minimum Gasteiger partial charge on any atom is -0.488 e. The Morgan fingerprint density at radius 1 is 1.31 bits per heavy atom. The highest BCUT2D eigenvalue weighted by Gasteiger charge is 2.24. The second-order valence-corrected chi connectivity index (χ2v) is 6.55. The molecule has 1 aliphatic heterocycles. The Morgan fingerprint density at radius 3 is 2.83 bits per heavy atom. The maximum absolute atomic E-state index is 12.5. The summed E-state index contributed by atoms with van der Waals surface area (Å²) in [7, 11) is 0. The van der Waals surface area contributed by atoms with E-state index in [1.54, 1.807) is 16.9 Å². The van der Waals surface area contributed by atoms with Crippen molar-refractivity contribution in [1.29, 1.82) is 0 Å². The van der Waals surface area contributed by atoms with Crippen LogP contribution in [0, 0.1) is 0 Å². The Hall–Kier alpha value is -3.31. The standard InChI is InChI=1S/C16H15Cl2N9O2/c1-2-29-13-11(7-22-26-8-12(18)25-15(13)26)24-16(28)23-9-5-10(17)14(19-6-9)27-20-3-4-21-27/h3-6,8,22H,2,7H2,1H3,(H2,23,24,28). The van der Waals surface area contributed by atoms with Gasteiger partial charge in [-0.25, -0.2) is 19.4 Å². The van der Waals surface area contributed by atoms with Gasteiger partial charge in [0.1, 0.15) is 5.15 Å². The normalized spacial score (nSPS) is 12.9. The molecule has 0 saturated heterocycles. The van der Waals surface area contributed by atoms with Crippen LogP contribution in [0.15, 0.2) is 36.6 Å². The molecule has 0 aliphatic carbocycles. The highest BCUT2D eigenvalue weighted by molar-refractivity contribution is 6.32. The van der Waals surface area contributed by atoms with E-state index >= 15 is 0 Å². The summed E-state index contributed by atoms with van der Waals surface area (Å²) >= 11 is 12.2. The fraction of sp³-hybridized carbons (Fsp3) is 0.188. The molecule has 11 nitrogen and oxygen atoms in total. The van der Waals surface area contributed by atoms with Crippen molar-refractivity contribution in [1.82, 2.24) is 35.0 Å². The summed E-state index contributed by atoms with van der Waals surface area (Å²) in [4.78, 5) is 22.2. The predicted octanol–water partition coefficient (Wildman–Crippen LogP) is 2.25. The molecule has 4 rings (SSSR count). The number of aromatic nitrogens is 6. The number of halogens is 2. The molecule has 0 spiro atoms. The topological polar surface area (TPSA) is 124 Å². The molecule has 4 heterocycles. The summed E-state index contributed by atoms with van der Waals surface area (Å²) in [6, 6.07) is 1.06. The summed E-state index contributed by atoms with van der Waals surface area (Å²) in [5.74, 6) is 1.26. The Balaban J connectivity index is 1.51. The molecule has 3 aromatic heterocycles. The van der Waals surface area contributed by atoms with Gasteiger partial charge in [-0.1, -0.05) is 23.2 Å². The zero-order valence-electron chi connectivity index (χ0n) is 15.1. The van der Waals surface area contributed by atoms with Crippen molar-refractivity contribution < 1.29 is 9.53 Å². The molecule has 0 aromatic carbocycles. The summed E-state index contributed by atoms with van der Waals surface area (Å²) in [5.41, 5.74) is 3.97. The van der Waals surface area contributed by atoms with Crippen molar-refractivity contribution in [3.05, 3.63) is 52.6 Å². The van der Waals surface area contributed by atoms with E-state index in [2.05, 4.69) is 36.2 Å². The first-order valence-electron chi connectivity index (χ1n) is 8.50. The monoisotopic (exact) mass is 435 g/mol. The first-order chi connectivity index (χ1) is 14.0. The van der Waals surface area contributed by atoms with E-state index in [0.717, 1.165) is 0 Å². The molecule has 0 atom stereocenters. The molecule has 3 N–H and O–H groups in total. The number of pyridine rings is 1. The van der Waals surface area contributed by atoms with Crippen LogP contribution in [-0.4, -0.2) is 48.8 Å². The Morgan fingerprint density at radius 2 is 2.10 bits per heavy atom. The van der Waals surface area contributed by atoms with Crippen molar-refractivity contribution in [2.75, 3.05) is 23.9 Å². The number of carbonyl (C=O) groups is 1. The van der Waals surface area contributed by atoms with Gasteiger partial charge in [-0.05, 0) is 13.0 Å². The number of urea groups is 1. The molecule has 0 fully saturated rings. The molecule has 3 aromatic rings. The molecule has 13 heteroatoms. The third-order valence-corrected chi connectivity index (χ3v) is 4.28. The van der Waals surface area contributed by atoms with Gasteiger partial charge in [-0.3, -0.25) is 0 Å². The van der Waals surface area contributed by atoms with Gasteiger partial charge in [-0.2, -0.15) is 10.2 Å². The first-order valence-corrected chi connectivity index (χ1v) is 9.26. The number of nitrogens with zero attached hydrogens (tertiary/aromatic N) is 6. The minimum atomic E-state index is -0.493. The van der Waals surface area contributed by atoms with Gasteiger partial charge in [0.25, 0.3) is 0 Å². The Labute approximate surface area is 174 Å². The van der Waals surface area contributed by atoms with Crippen LogP contribution in [-0.2, 0) is 4.74 Å². The molecule has 0 unspecified atom stereocenters. The number of nitrogens with one attached hydrogen (secondary N) is 3. The van der Waals surface area contributed by atoms with Crippen molar-refractivity contribution in [3.8, 4) is 5.82 Å². The smallest absolute Gasteiger partial charge is 0.323 e. The number of hydrogen-bond donors (Lipinski definition) is 3. The number of fused-ring (bicyclic) bond motifs is 1. The quantitative estimate of drug-likeness (QED) is 0.561. The number of carbonyl (C=O) groups excluding carboxylic acids is 1. The maximum Gasteiger partial charge on any atom is 0.323 e. The number of ether oxygens (including phenoxy) is 1. The van der Waals surface area contributed by atoms with Gasteiger partial charge in [0.05, 0.1) is 54.3 Å². The van der Waals surface area contributed by atoms with Gasteiger partial charge in [-0.15, -0.1) is 4.80 Å². The summed E-state index contributed by atoms with van der Waals surface area (Å²) < 4.78 is 7.31. The van der Waals surface area contributed by atoms with Gasteiger partial charge in [0.2, 0.25) is 0 Å². The van der Waals surface area contributed by atoms with Crippen molar-refractivity contribution in [2.45, 2.75) is 6.92 Å². The third kappa shape index (κ3) is 3.96. The van der Waals surface area contributed by atoms with E-state index in [9.17, 15) is 4.79 Å². The zero-order chi connectivity index (χ0) is 20.4. The molecule has 1 aliphatic rings. The van der Waals surface area contributed by atoms with Crippen LogP contribution in [0.4, 0.5) is 10.5 Å². The molecule has 2 amide bonds. The van der Waals surface area contributed by atoms with E-state index in [1.807, 2.05) is 6.92 Å². The fourth-order valence-corrected chi connectivity index (χ4v) is 3.10. The summed E-state index contributed by atoms with van der Waals surface area (Å²) in [5, 5.41) is 14.0. The van der Waals surface area contributed by atoms with Gasteiger partial charge >= 0.3 is 6.03 Å².